The second kappa shape index (κ2) is 10.5. The van der Waals surface area contributed by atoms with E-state index in [0.29, 0.717) is 19.5 Å². The molecule has 1 saturated heterocycles. The molecule has 4 aromatic rings. The van der Waals surface area contributed by atoms with E-state index in [1.165, 1.54) is 12.1 Å². The molecule has 35 heavy (non-hydrogen) atoms. The minimum Gasteiger partial charge on any atom is -0.368 e. The summed E-state index contributed by atoms with van der Waals surface area (Å²) in [5, 5.41) is 8.38. The number of anilines is 2. The number of amides is 1. The monoisotopic (exact) mass is 473 g/mol. The summed E-state index contributed by atoms with van der Waals surface area (Å²) in [6.07, 6.45) is 4.55. The van der Waals surface area contributed by atoms with E-state index in [4.69, 9.17) is 0 Å². The minimum absolute atomic E-state index is 0.0275. The Labute approximate surface area is 203 Å². The van der Waals surface area contributed by atoms with Crippen LogP contribution in [0.4, 0.5) is 15.9 Å². The number of halogens is 1. The lowest BCUT2D eigenvalue weighted by Crippen LogP contribution is -2.46. The zero-order valence-corrected chi connectivity index (χ0v) is 19.5. The van der Waals surface area contributed by atoms with Crippen LogP contribution in [0.15, 0.2) is 67.1 Å². The molecule has 9 heteroatoms. The zero-order chi connectivity index (χ0) is 24.0. The Morgan fingerprint density at radius 2 is 1.69 bits per heavy atom. The highest BCUT2D eigenvalue weighted by atomic mass is 19.1. The highest BCUT2D eigenvalue weighted by Crippen LogP contribution is 2.25. The van der Waals surface area contributed by atoms with Crippen molar-refractivity contribution >= 4 is 28.4 Å². The van der Waals surface area contributed by atoms with Crippen molar-refractivity contribution in [2.24, 2.45) is 0 Å². The number of aryl methyl sites for hydroxylation is 1. The van der Waals surface area contributed by atoms with Gasteiger partial charge in [-0.2, -0.15) is 5.10 Å². The summed E-state index contributed by atoms with van der Waals surface area (Å²) < 4.78 is 15.0. The van der Waals surface area contributed by atoms with Gasteiger partial charge in [-0.25, -0.2) is 19.0 Å². The first-order chi connectivity index (χ1) is 17.2. The first kappa shape index (κ1) is 22.8. The summed E-state index contributed by atoms with van der Waals surface area (Å²) in [6, 6.07) is 16.6. The van der Waals surface area contributed by atoms with Crippen LogP contribution in [0, 0.1) is 5.82 Å². The molecule has 1 aliphatic rings. The van der Waals surface area contributed by atoms with Crippen LogP contribution >= 0.6 is 0 Å². The molecule has 0 atom stereocenters. The molecule has 1 amide bonds. The molecule has 0 radical (unpaired) electrons. The van der Waals surface area contributed by atoms with Gasteiger partial charge in [-0.1, -0.05) is 30.3 Å². The van der Waals surface area contributed by atoms with E-state index in [1.54, 1.807) is 12.5 Å². The van der Waals surface area contributed by atoms with Gasteiger partial charge in [0, 0.05) is 44.8 Å². The van der Waals surface area contributed by atoms with Crippen molar-refractivity contribution in [1.29, 1.82) is 0 Å². The molecule has 180 valence electrons. The first-order valence-corrected chi connectivity index (χ1v) is 11.9. The van der Waals surface area contributed by atoms with Gasteiger partial charge >= 0.3 is 0 Å². The van der Waals surface area contributed by atoms with Crippen LogP contribution in [0.5, 0.6) is 0 Å². The van der Waals surface area contributed by atoms with Gasteiger partial charge in [0.1, 0.15) is 18.0 Å². The van der Waals surface area contributed by atoms with Crippen LogP contribution in [0.3, 0.4) is 0 Å². The normalized spacial score (nSPS) is 13.9. The summed E-state index contributed by atoms with van der Waals surface area (Å²) in [7, 11) is 0. The Morgan fingerprint density at radius 3 is 2.46 bits per heavy atom. The third kappa shape index (κ3) is 5.40. The van der Waals surface area contributed by atoms with Gasteiger partial charge in [-0.3, -0.25) is 4.79 Å². The maximum absolute atomic E-state index is 13.2. The number of nitrogens with one attached hydrogen (secondary N) is 1. The third-order valence-electron chi connectivity index (χ3n) is 6.31. The fourth-order valence-corrected chi connectivity index (χ4v) is 4.42. The van der Waals surface area contributed by atoms with Crippen molar-refractivity contribution in [3.8, 4) is 0 Å². The molecule has 1 aliphatic heterocycles. The number of carbonyl (C=O) groups is 1. The molecule has 8 nitrogen and oxygen atoms in total. The van der Waals surface area contributed by atoms with Gasteiger partial charge in [0.05, 0.1) is 18.1 Å². The maximum atomic E-state index is 13.2. The number of aromatic nitrogens is 4. The van der Waals surface area contributed by atoms with Crippen molar-refractivity contribution < 1.29 is 9.18 Å². The number of nitrogens with zero attached hydrogens (tertiary/aromatic N) is 6. The number of piperazine rings is 1. The van der Waals surface area contributed by atoms with Crippen LogP contribution in [-0.2, 0) is 17.8 Å². The fraction of sp³-hybridized carbons (Fsp3) is 0.308. The van der Waals surface area contributed by atoms with E-state index in [1.807, 2.05) is 47.1 Å². The van der Waals surface area contributed by atoms with E-state index < -0.39 is 0 Å². The van der Waals surface area contributed by atoms with E-state index in [9.17, 15) is 9.18 Å². The summed E-state index contributed by atoms with van der Waals surface area (Å²) in [6.45, 7) is 4.26. The van der Waals surface area contributed by atoms with Crippen LogP contribution in [0.25, 0.3) is 11.0 Å². The van der Waals surface area contributed by atoms with Gasteiger partial charge in [0.25, 0.3) is 0 Å². The minimum atomic E-state index is -0.223. The molecular weight excluding hydrogens is 445 g/mol. The predicted octanol–water partition coefficient (Wildman–Crippen LogP) is 3.04. The van der Waals surface area contributed by atoms with Crippen molar-refractivity contribution in [2.75, 3.05) is 42.5 Å². The quantitative estimate of drug-likeness (QED) is 0.424. The van der Waals surface area contributed by atoms with Gasteiger partial charge in [0.15, 0.2) is 5.65 Å². The second-order valence-electron chi connectivity index (χ2n) is 8.59. The van der Waals surface area contributed by atoms with Crippen molar-refractivity contribution in [1.82, 2.24) is 25.1 Å². The second-order valence-corrected chi connectivity index (χ2v) is 8.59. The number of hydrogen-bond donors (Lipinski definition) is 1. The molecule has 1 N–H and O–H groups in total. The van der Waals surface area contributed by atoms with Crippen LogP contribution in [0.1, 0.15) is 12.0 Å². The molecule has 0 saturated carbocycles. The number of hydrogen-bond acceptors (Lipinski definition) is 6. The summed E-state index contributed by atoms with van der Waals surface area (Å²) in [5.74, 6) is 0.672. The topological polar surface area (TPSA) is 79.2 Å². The highest BCUT2D eigenvalue weighted by molar-refractivity contribution is 5.86. The van der Waals surface area contributed by atoms with E-state index in [-0.39, 0.29) is 11.7 Å². The van der Waals surface area contributed by atoms with Crippen molar-refractivity contribution in [3.63, 3.8) is 0 Å². The molecule has 0 aliphatic carbocycles. The van der Waals surface area contributed by atoms with Crippen molar-refractivity contribution in [3.05, 3.63) is 78.5 Å². The van der Waals surface area contributed by atoms with Gasteiger partial charge in [0.2, 0.25) is 5.91 Å². The zero-order valence-electron chi connectivity index (χ0n) is 19.5. The average Bonchev–Trinajstić information content (AvgIpc) is 3.32. The SMILES string of the molecule is O=C(CCc1ccccc1)NCCn1ncc2c(N3CCN(c4ccc(F)cc4)CC3)ncnc21. The smallest absolute Gasteiger partial charge is 0.220 e. The van der Waals surface area contributed by atoms with Gasteiger partial charge in [-0.05, 0) is 36.2 Å². The first-order valence-electron chi connectivity index (χ1n) is 11.9. The van der Waals surface area contributed by atoms with Crippen LogP contribution in [-0.4, -0.2) is 58.4 Å². The fourth-order valence-electron chi connectivity index (χ4n) is 4.42. The van der Waals surface area contributed by atoms with Gasteiger partial charge < -0.3 is 15.1 Å². The Morgan fingerprint density at radius 1 is 0.943 bits per heavy atom. The molecule has 0 bridgehead atoms. The average molecular weight is 474 g/mol. The van der Waals surface area contributed by atoms with Crippen molar-refractivity contribution in [2.45, 2.75) is 19.4 Å². The Hall–Kier alpha value is -4.01. The molecule has 0 spiro atoms. The van der Waals surface area contributed by atoms with Crippen LogP contribution in [0.2, 0.25) is 0 Å². The lowest BCUT2D eigenvalue weighted by Gasteiger charge is -2.36. The lowest BCUT2D eigenvalue weighted by atomic mass is 10.1. The highest BCUT2D eigenvalue weighted by Gasteiger charge is 2.21. The van der Waals surface area contributed by atoms with E-state index >= 15 is 0 Å². The number of rotatable bonds is 8. The Balaban J connectivity index is 1.16. The standard InChI is InChI=1S/C26H28FN7O/c27-21-7-9-22(10-8-21)32-14-16-33(17-15-32)25-23-18-31-34(26(23)30-19-29-25)13-12-28-24(35)11-6-20-4-2-1-3-5-20/h1-5,7-10,18-19H,6,11-17H2,(H,28,35). The summed E-state index contributed by atoms with van der Waals surface area (Å²) in [4.78, 5) is 25.7. The summed E-state index contributed by atoms with van der Waals surface area (Å²) >= 11 is 0. The number of carbonyl (C=O) groups excluding carboxylic acids is 1. The Bertz CT molecular complexity index is 1270. The number of fused-ring (bicyclic) bond motifs is 1. The molecule has 5 rings (SSSR count). The van der Waals surface area contributed by atoms with Crippen LogP contribution < -0.4 is 15.1 Å². The largest absolute Gasteiger partial charge is 0.368 e. The van der Waals surface area contributed by atoms with E-state index in [2.05, 4.69) is 30.2 Å². The molecule has 1 fully saturated rings. The van der Waals surface area contributed by atoms with E-state index in [0.717, 1.165) is 60.7 Å². The third-order valence-corrected chi connectivity index (χ3v) is 6.31. The molecule has 2 aromatic heterocycles. The molecule has 3 heterocycles. The molecule has 0 unspecified atom stereocenters. The lowest BCUT2D eigenvalue weighted by molar-refractivity contribution is -0.121. The maximum Gasteiger partial charge on any atom is 0.220 e. The molecular formula is C26H28FN7O. The number of benzene rings is 2. The molecule has 2 aromatic carbocycles. The predicted molar refractivity (Wildman–Crippen MR) is 134 cm³/mol. The summed E-state index contributed by atoms with van der Waals surface area (Å²) in [5.41, 5.74) is 2.94. The van der Waals surface area contributed by atoms with Gasteiger partial charge in [-0.15, -0.1) is 0 Å². The Kier molecular flexibility index (Phi) is 6.83.